The molecule has 0 aromatic heterocycles. The Kier molecular flexibility index (Phi) is 5.80. The van der Waals surface area contributed by atoms with Crippen LogP contribution in [-0.4, -0.2) is 63.1 Å². The third kappa shape index (κ3) is 4.30. The largest absolute Gasteiger partial charge is 0.380 e. The number of nitrogens with zero attached hydrogens (tertiary/aromatic N) is 1. The molecule has 3 rings (SSSR count). The molecule has 2 heterocycles. The molecule has 132 valence electrons. The van der Waals surface area contributed by atoms with Gasteiger partial charge in [-0.1, -0.05) is 6.07 Å². The highest BCUT2D eigenvalue weighted by Gasteiger charge is 2.24. The summed E-state index contributed by atoms with van der Waals surface area (Å²) in [6.07, 6.45) is 1.61. The van der Waals surface area contributed by atoms with Gasteiger partial charge in [0.25, 0.3) is 5.91 Å². The summed E-state index contributed by atoms with van der Waals surface area (Å²) in [4.78, 5) is 14.5. The van der Waals surface area contributed by atoms with Crippen molar-refractivity contribution < 1.29 is 17.9 Å². The first-order valence-corrected chi connectivity index (χ1v) is 10.8. The highest BCUT2D eigenvalue weighted by atomic mass is 32.2. The zero-order valence-corrected chi connectivity index (χ0v) is 15.1. The molecule has 1 N–H and O–H groups in total. The van der Waals surface area contributed by atoms with E-state index in [2.05, 4.69) is 4.72 Å². The van der Waals surface area contributed by atoms with Crippen molar-refractivity contribution in [1.29, 1.82) is 0 Å². The first-order chi connectivity index (χ1) is 11.6. The van der Waals surface area contributed by atoms with Gasteiger partial charge in [-0.3, -0.25) is 4.79 Å². The lowest BCUT2D eigenvalue weighted by molar-refractivity contribution is 0.0770. The van der Waals surface area contributed by atoms with Crippen LogP contribution >= 0.6 is 11.8 Å². The number of hydrogen-bond acceptors (Lipinski definition) is 5. The summed E-state index contributed by atoms with van der Waals surface area (Å²) < 4.78 is 33.1. The second-order valence-electron chi connectivity index (χ2n) is 5.97. The molecule has 2 aliphatic rings. The molecule has 2 fully saturated rings. The molecule has 1 atom stereocenters. The SMILES string of the molecule is O=C(c1cccc(S(=O)(=O)N[C@@H]2CCCOC2)c1)N1CCSCC1. The number of amides is 1. The van der Waals surface area contributed by atoms with Crippen LogP contribution in [0.4, 0.5) is 0 Å². The molecule has 8 heteroatoms. The molecule has 24 heavy (non-hydrogen) atoms. The fourth-order valence-electron chi connectivity index (χ4n) is 2.87. The van der Waals surface area contributed by atoms with E-state index < -0.39 is 10.0 Å². The Morgan fingerprint density at radius 2 is 2.08 bits per heavy atom. The average molecular weight is 370 g/mol. The van der Waals surface area contributed by atoms with Crippen LogP contribution in [0.2, 0.25) is 0 Å². The summed E-state index contributed by atoms with van der Waals surface area (Å²) in [5, 5.41) is 0. The van der Waals surface area contributed by atoms with Crippen LogP contribution in [0.5, 0.6) is 0 Å². The Hall–Kier alpha value is -1.09. The van der Waals surface area contributed by atoms with Crippen LogP contribution in [0, 0.1) is 0 Å². The Morgan fingerprint density at radius 3 is 2.79 bits per heavy atom. The van der Waals surface area contributed by atoms with Crippen molar-refractivity contribution >= 4 is 27.7 Å². The monoisotopic (exact) mass is 370 g/mol. The molecule has 0 bridgehead atoms. The van der Waals surface area contributed by atoms with E-state index in [0.717, 1.165) is 24.3 Å². The molecule has 0 spiro atoms. The minimum Gasteiger partial charge on any atom is -0.380 e. The minimum absolute atomic E-state index is 0.103. The number of nitrogens with one attached hydrogen (secondary N) is 1. The number of carbonyl (C=O) groups is 1. The zero-order valence-electron chi connectivity index (χ0n) is 13.4. The van der Waals surface area contributed by atoms with Gasteiger partial charge in [-0.25, -0.2) is 13.1 Å². The molecule has 1 aromatic rings. The van der Waals surface area contributed by atoms with Gasteiger partial charge in [0.05, 0.1) is 11.5 Å². The van der Waals surface area contributed by atoms with Crippen LogP contribution in [0.3, 0.4) is 0 Å². The number of ether oxygens (including phenoxy) is 1. The fraction of sp³-hybridized carbons (Fsp3) is 0.562. The van der Waals surface area contributed by atoms with Crippen LogP contribution < -0.4 is 4.72 Å². The van der Waals surface area contributed by atoms with E-state index in [4.69, 9.17) is 4.74 Å². The van der Waals surface area contributed by atoms with E-state index in [1.165, 1.54) is 12.1 Å². The minimum atomic E-state index is -3.65. The predicted molar refractivity (Wildman–Crippen MR) is 93.8 cm³/mol. The third-order valence-corrected chi connectivity index (χ3v) is 6.63. The molecule has 2 aliphatic heterocycles. The second kappa shape index (κ2) is 7.86. The second-order valence-corrected chi connectivity index (χ2v) is 8.91. The van der Waals surface area contributed by atoms with E-state index in [-0.39, 0.29) is 16.8 Å². The van der Waals surface area contributed by atoms with E-state index in [1.54, 1.807) is 17.0 Å². The number of sulfonamides is 1. The van der Waals surface area contributed by atoms with E-state index >= 15 is 0 Å². The number of benzene rings is 1. The summed E-state index contributed by atoms with van der Waals surface area (Å²) in [6, 6.07) is 6.08. The van der Waals surface area contributed by atoms with E-state index in [0.29, 0.717) is 31.9 Å². The van der Waals surface area contributed by atoms with Crippen molar-refractivity contribution in [3.8, 4) is 0 Å². The van der Waals surface area contributed by atoms with Gasteiger partial charge in [0.1, 0.15) is 0 Å². The van der Waals surface area contributed by atoms with Crippen molar-refractivity contribution in [3.05, 3.63) is 29.8 Å². The summed E-state index contributed by atoms with van der Waals surface area (Å²) >= 11 is 1.83. The van der Waals surface area contributed by atoms with Gasteiger partial charge >= 0.3 is 0 Å². The van der Waals surface area contributed by atoms with Gasteiger partial charge in [-0.15, -0.1) is 0 Å². The molecular formula is C16H22N2O4S2. The summed E-state index contributed by atoms with van der Waals surface area (Å²) in [7, 11) is -3.65. The van der Waals surface area contributed by atoms with Gasteiger partial charge in [0, 0.05) is 42.8 Å². The van der Waals surface area contributed by atoms with Gasteiger partial charge in [0.15, 0.2) is 0 Å². The predicted octanol–water partition coefficient (Wildman–Crippen LogP) is 1.33. The van der Waals surface area contributed by atoms with Crippen LogP contribution in [0.1, 0.15) is 23.2 Å². The Morgan fingerprint density at radius 1 is 1.29 bits per heavy atom. The Labute approximate surface area is 147 Å². The molecule has 1 amide bonds. The van der Waals surface area contributed by atoms with Crippen molar-refractivity contribution in [2.24, 2.45) is 0 Å². The maximum absolute atomic E-state index is 12.6. The Balaban J connectivity index is 1.74. The highest BCUT2D eigenvalue weighted by molar-refractivity contribution is 7.99. The molecule has 0 radical (unpaired) electrons. The quantitative estimate of drug-likeness (QED) is 0.865. The molecular weight excluding hydrogens is 348 g/mol. The number of rotatable bonds is 4. The van der Waals surface area contributed by atoms with Gasteiger partial charge in [-0.05, 0) is 31.0 Å². The molecule has 6 nitrogen and oxygen atoms in total. The van der Waals surface area contributed by atoms with Crippen LogP contribution in [0.25, 0.3) is 0 Å². The molecule has 2 saturated heterocycles. The van der Waals surface area contributed by atoms with Crippen molar-refractivity contribution in [1.82, 2.24) is 9.62 Å². The van der Waals surface area contributed by atoms with Crippen molar-refractivity contribution in [2.45, 2.75) is 23.8 Å². The first-order valence-electron chi connectivity index (χ1n) is 8.13. The zero-order chi connectivity index (χ0) is 17.0. The summed E-state index contributed by atoms with van der Waals surface area (Å²) in [5.41, 5.74) is 0.421. The normalized spacial score (nSPS) is 22.3. The molecule has 0 saturated carbocycles. The smallest absolute Gasteiger partial charge is 0.253 e. The lowest BCUT2D eigenvalue weighted by Crippen LogP contribution is -2.40. The molecule has 0 aliphatic carbocycles. The topological polar surface area (TPSA) is 75.7 Å². The number of carbonyl (C=O) groups excluding carboxylic acids is 1. The lowest BCUT2D eigenvalue weighted by Gasteiger charge is -2.26. The van der Waals surface area contributed by atoms with Crippen LogP contribution in [-0.2, 0) is 14.8 Å². The van der Waals surface area contributed by atoms with Crippen molar-refractivity contribution in [3.63, 3.8) is 0 Å². The van der Waals surface area contributed by atoms with Crippen molar-refractivity contribution in [2.75, 3.05) is 37.8 Å². The average Bonchev–Trinajstić information content (AvgIpc) is 2.62. The van der Waals surface area contributed by atoms with Gasteiger partial charge in [-0.2, -0.15) is 11.8 Å². The molecule has 0 unspecified atom stereocenters. The van der Waals surface area contributed by atoms with E-state index in [1.807, 2.05) is 11.8 Å². The van der Waals surface area contributed by atoms with Gasteiger partial charge < -0.3 is 9.64 Å². The van der Waals surface area contributed by atoms with E-state index in [9.17, 15) is 13.2 Å². The number of hydrogen-bond donors (Lipinski definition) is 1. The molecule has 1 aromatic carbocycles. The Bertz CT molecular complexity index is 681. The highest BCUT2D eigenvalue weighted by Crippen LogP contribution is 2.17. The first kappa shape index (κ1) is 17.7. The maximum Gasteiger partial charge on any atom is 0.253 e. The number of thioether (sulfide) groups is 1. The lowest BCUT2D eigenvalue weighted by atomic mass is 10.1. The standard InChI is InChI=1S/C16H22N2O4S2/c19-16(18-6-9-23-10-7-18)13-3-1-5-15(11-13)24(20,21)17-14-4-2-8-22-12-14/h1,3,5,11,14,17H,2,4,6-10,12H2/t14-/m1/s1. The summed E-state index contributed by atoms with van der Waals surface area (Å²) in [5.74, 6) is 1.74. The summed E-state index contributed by atoms with van der Waals surface area (Å²) in [6.45, 7) is 2.48. The third-order valence-electron chi connectivity index (χ3n) is 4.17. The maximum atomic E-state index is 12.6. The van der Waals surface area contributed by atoms with Gasteiger partial charge in [0.2, 0.25) is 10.0 Å². The van der Waals surface area contributed by atoms with Crippen LogP contribution in [0.15, 0.2) is 29.2 Å². The fourth-order valence-corrected chi connectivity index (χ4v) is 5.07.